The minimum absolute atomic E-state index is 0.177. The summed E-state index contributed by atoms with van der Waals surface area (Å²) in [5.74, 6) is 0.476. The SMILES string of the molecule is NCc1nc2ccc(C(F)(F)F)cc2[nH]1. The predicted molar refractivity (Wildman–Crippen MR) is 49.0 cm³/mol. The molecule has 0 radical (unpaired) electrons. The van der Waals surface area contributed by atoms with Crippen molar-refractivity contribution in [3.63, 3.8) is 0 Å². The Morgan fingerprint density at radius 1 is 1.33 bits per heavy atom. The van der Waals surface area contributed by atoms with Crippen LogP contribution in [-0.4, -0.2) is 9.97 Å². The molecule has 2 aromatic rings. The van der Waals surface area contributed by atoms with Gasteiger partial charge in [0.25, 0.3) is 0 Å². The van der Waals surface area contributed by atoms with Crippen LogP contribution in [0.3, 0.4) is 0 Å². The number of fused-ring (bicyclic) bond motifs is 1. The Hall–Kier alpha value is -1.56. The zero-order valence-electron chi connectivity index (χ0n) is 7.60. The molecular formula is C9H8F3N3. The van der Waals surface area contributed by atoms with E-state index in [2.05, 4.69) is 9.97 Å². The first-order valence-electron chi connectivity index (χ1n) is 4.26. The molecule has 0 unspecified atom stereocenters. The maximum atomic E-state index is 12.3. The molecule has 0 aliphatic heterocycles. The van der Waals surface area contributed by atoms with E-state index in [1.807, 2.05) is 0 Å². The van der Waals surface area contributed by atoms with Crippen molar-refractivity contribution in [1.29, 1.82) is 0 Å². The van der Waals surface area contributed by atoms with Gasteiger partial charge in [-0.15, -0.1) is 0 Å². The van der Waals surface area contributed by atoms with Gasteiger partial charge in [0.15, 0.2) is 0 Å². The van der Waals surface area contributed by atoms with E-state index < -0.39 is 11.7 Å². The highest BCUT2D eigenvalue weighted by Crippen LogP contribution is 2.30. The lowest BCUT2D eigenvalue weighted by Gasteiger charge is -2.05. The van der Waals surface area contributed by atoms with Crippen molar-refractivity contribution in [1.82, 2.24) is 9.97 Å². The largest absolute Gasteiger partial charge is 0.416 e. The van der Waals surface area contributed by atoms with Crippen LogP contribution in [0.15, 0.2) is 18.2 Å². The molecule has 0 aliphatic carbocycles. The third-order valence-corrected chi connectivity index (χ3v) is 2.05. The maximum absolute atomic E-state index is 12.3. The average Bonchev–Trinajstić information content (AvgIpc) is 2.57. The van der Waals surface area contributed by atoms with Gasteiger partial charge in [-0.1, -0.05) is 0 Å². The minimum atomic E-state index is -4.33. The maximum Gasteiger partial charge on any atom is 0.416 e. The standard InChI is InChI=1S/C9H8F3N3/c10-9(11,12)5-1-2-6-7(3-5)15-8(4-13)14-6/h1-3H,4,13H2,(H,14,15). The summed E-state index contributed by atoms with van der Waals surface area (Å²) in [6.45, 7) is 0.177. The van der Waals surface area contributed by atoms with Crippen LogP contribution in [-0.2, 0) is 12.7 Å². The molecule has 3 nitrogen and oxygen atoms in total. The molecular weight excluding hydrogens is 207 g/mol. The van der Waals surface area contributed by atoms with Gasteiger partial charge in [-0.05, 0) is 18.2 Å². The van der Waals surface area contributed by atoms with Crippen molar-refractivity contribution in [3.8, 4) is 0 Å². The van der Waals surface area contributed by atoms with E-state index in [4.69, 9.17) is 5.73 Å². The zero-order chi connectivity index (χ0) is 11.1. The van der Waals surface area contributed by atoms with Gasteiger partial charge in [-0.25, -0.2) is 4.98 Å². The fourth-order valence-corrected chi connectivity index (χ4v) is 1.34. The number of hydrogen-bond donors (Lipinski definition) is 2. The van der Waals surface area contributed by atoms with Gasteiger partial charge in [0.1, 0.15) is 5.82 Å². The molecule has 0 spiro atoms. The highest BCUT2D eigenvalue weighted by molar-refractivity contribution is 5.76. The van der Waals surface area contributed by atoms with E-state index in [0.717, 1.165) is 12.1 Å². The Labute approximate surface area is 83.1 Å². The summed E-state index contributed by atoms with van der Waals surface area (Å²) in [6.07, 6.45) is -4.33. The van der Waals surface area contributed by atoms with Crippen LogP contribution in [0.4, 0.5) is 13.2 Å². The fraction of sp³-hybridized carbons (Fsp3) is 0.222. The molecule has 0 bridgehead atoms. The third-order valence-electron chi connectivity index (χ3n) is 2.05. The minimum Gasteiger partial charge on any atom is -0.341 e. The number of imidazole rings is 1. The number of hydrogen-bond acceptors (Lipinski definition) is 2. The number of nitrogens with zero attached hydrogens (tertiary/aromatic N) is 1. The van der Waals surface area contributed by atoms with Gasteiger partial charge >= 0.3 is 6.18 Å². The van der Waals surface area contributed by atoms with Gasteiger partial charge in [0, 0.05) is 0 Å². The topological polar surface area (TPSA) is 54.7 Å². The number of alkyl halides is 3. The fourth-order valence-electron chi connectivity index (χ4n) is 1.34. The molecule has 0 saturated heterocycles. The van der Waals surface area contributed by atoms with Gasteiger partial charge in [0.2, 0.25) is 0 Å². The summed E-state index contributed by atoms with van der Waals surface area (Å²) >= 11 is 0. The monoisotopic (exact) mass is 215 g/mol. The van der Waals surface area contributed by atoms with Crippen molar-refractivity contribution in [2.75, 3.05) is 0 Å². The van der Waals surface area contributed by atoms with Gasteiger partial charge < -0.3 is 10.7 Å². The lowest BCUT2D eigenvalue weighted by molar-refractivity contribution is -0.137. The number of nitrogens with two attached hydrogens (primary N) is 1. The molecule has 15 heavy (non-hydrogen) atoms. The first kappa shape index (κ1) is 9.97. The molecule has 0 aliphatic rings. The van der Waals surface area contributed by atoms with Crippen LogP contribution in [0.25, 0.3) is 11.0 Å². The summed E-state index contributed by atoms with van der Waals surface area (Å²) in [6, 6.07) is 3.36. The summed E-state index contributed by atoms with van der Waals surface area (Å²) in [4.78, 5) is 6.73. The van der Waals surface area contributed by atoms with E-state index in [9.17, 15) is 13.2 Å². The number of aromatic amines is 1. The van der Waals surface area contributed by atoms with E-state index >= 15 is 0 Å². The Bertz CT molecular complexity index is 487. The third kappa shape index (κ3) is 1.80. The molecule has 0 saturated carbocycles. The Balaban J connectivity index is 2.55. The molecule has 1 heterocycles. The van der Waals surface area contributed by atoms with Crippen LogP contribution in [0.1, 0.15) is 11.4 Å². The number of benzene rings is 1. The quantitative estimate of drug-likeness (QED) is 0.764. The van der Waals surface area contributed by atoms with Gasteiger partial charge in [0.05, 0.1) is 23.1 Å². The molecule has 1 aromatic heterocycles. The molecule has 0 atom stereocenters. The van der Waals surface area contributed by atoms with Crippen molar-refractivity contribution in [2.24, 2.45) is 5.73 Å². The van der Waals surface area contributed by atoms with Crippen molar-refractivity contribution < 1.29 is 13.2 Å². The number of H-pyrrole nitrogens is 1. The number of aromatic nitrogens is 2. The van der Waals surface area contributed by atoms with Gasteiger partial charge in [-0.2, -0.15) is 13.2 Å². The summed E-state index contributed by atoms with van der Waals surface area (Å²) < 4.78 is 37.0. The van der Waals surface area contributed by atoms with Gasteiger partial charge in [-0.3, -0.25) is 0 Å². The lowest BCUT2D eigenvalue weighted by Crippen LogP contribution is -2.04. The molecule has 0 fully saturated rings. The highest BCUT2D eigenvalue weighted by Gasteiger charge is 2.30. The van der Waals surface area contributed by atoms with Crippen molar-refractivity contribution in [3.05, 3.63) is 29.6 Å². The molecule has 80 valence electrons. The summed E-state index contributed by atoms with van der Waals surface area (Å²) in [7, 11) is 0. The summed E-state index contributed by atoms with van der Waals surface area (Å²) in [5, 5.41) is 0. The highest BCUT2D eigenvalue weighted by atomic mass is 19.4. The van der Waals surface area contributed by atoms with Crippen LogP contribution in [0.2, 0.25) is 0 Å². The van der Waals surface area contributed by atoms with E-state index in [1.165, 1.54) is 6.07 Å². The zero-order valence-corrected chi connectivity index (χ0v) is 7.60. The second-order valence-electron chi connectivity index (χ2n) is 3.12. The van der Waals surface area contributed by atoms with Crippen LogP contribution >= 0.6 is 0 Å². The molecule has 6 heteroatoms. The number of nitrogens with one attached hydrogen (secondary N) is 1. The van der Waals surface area contributed by atoms with Crippen molar-refractivity contribution in [2.45, 2.75) is 12.7 Å². The average molecular weight is 215 g/mol. The predicted octanol–water partition coefficient (Wildman–Crippen LogP) is 2.04. The second kappa shape index (κ2) is 3.23. The Morgan fingerprint density at radius 3 is 2.67 bits per heavy atom. The van der Waals surface area contributed by atoms with Crippen LogP contribution < -0.4 is 5.73 Å². The number of rotatable bonds is 1. The Morgan fingerprint density at radius 2 is 2.07 bits per heavy atom. The lowest BCUT2D eigenvalue weighted by atomic mass is 10.2. The Kier molecular flexibility index (Phi) is 2.15. The van der Waals surface area contributed by atoms with Crippen LogP contribution in [0.5, 0.6) is 0 Å². The first-order valence-corrected chi connectivity index (χ1v) is 4.26. The first-order chi connectivity index (χ1) is 7.00. The molecule has 1 aromatic carbocycles. The molecule has 3 N–H and O–H groups in total. The van der Waals surface area contributed by atoms with Crippen molar-refractivity contribution >= 4 is 11.0 Å². The van der Waals surface area contributed by atoms with E-state index in [-0.39, 0.29) is 6.54 Å². The molecule has 0 amide bonds. The van der Waals surface area contributed by atoms with Crippen LogP contribution in [0, 0.1) is 0 Å². The molecule has 2 rings (SSSR count). The van der Waals surface area contributed by atoms with E-state index in [1.54, 1.807) is 0 Å². The smallest absolute Gasteiger partial charge is 0.341 e. The summed E-state index contributed by atoms with van der Waals surface area (Å²) in [5.41, 5.74) is 5.47. The normalized spacial score (nSPS) is 12.3. The number of halogens is 3. The second-order valence-corrected chi connectivity index (χ2v) is 3.12. The van der Waals surface area contributed by atoms with E-state index in [0.29, 0.717) is 16.9 Å².